The predicted octanol–water partition coefficient (Wildman–Crippen LogP) is 2.33. The molecular weight excluding hydrogens is 288 g/mol. The van der Waals surface area contributed by atoms with Crippen molar-refractivity contribution in [3.63, 3.8) is 0 Å². The third-order valence-electron chi connectivity index (χ3n) is 5.24. The van der Waals surface area contributed by atoms with Crippen LogP contribution in [0.25, 0.3) is 0 Å². The molecule has 0 N–H and O–H groups in total. The van der Waals surface area contributed by atoms with Crippen LogP contribution in [0.3, 0.4) is 0 Å². The first-order valence-corrected chi connectivity index (χ1v) is 8.87. The number of benzene rings is 1. The zero-order valence-corrected chi connectivity index (χ0v) is 14.1. The average molecular weight is 316 g/mol. The van der Waals surface area contributed by atoms with E-state index < -0.39 is 0 Å². The van der Waals surface area contributed by atoms with Gasteiger partial charge in [-0.25, -0.2) is 0 Å². The number of carbonyl (C=O) groups is 1. The van der Waals surface area contributed by atoms with Crippen molar-refractivity contribution in [3.8, 4) is 0 Å². The first kappa shape index (κ1) is 16.5. The summed E-state index contributed by atoms with van der Waals surface area (Å²) in [6.45, 7) is 2.89. The number of rotatable bonds is 6. The van der Waals surface area contributed by atoms with Crippen molar-refractivity contribution in [2.24, 2.45) is 0 Å². The summed E-state index contributed by atoms with van der Waals surface area (Å²) in [5.74, 6) is 0.167. The van der Waals surface area contributed by atoms with Crippen LogP contribution in [0.4, 0.5) is 0 Å². The van der Waals surface area contributed by atoms with Gasteiger partial charge in [0.15, 0.2) is 0 Å². The maximum Gasteiger partial charge on any atom is 0.248 e. The van der Waals surface area contributed by atoms with E-state index in [1.165, 1.54) is 18.4 Å². The summed E-state index contributed by atoms with van der Waals surface area (Å²) in [4.78, 5) is 17.0. The minimum atomic E-state index is 0.167. The highest BCUT2D eigenvalue weighted by Crippen LogP contribution is 2.29. The van der Waals surface area contributed by atoms with Gasteiger partial charge in [0.1, 0.15) is 6.61 Å². The molecule has 0 bridgehead atoms. The van der Waals surface area contributed by atoms with Gasteiger partial charge in [0.05, 0.1) is 6.61 Å². The zero-order chi connectivity index (χ0) is 16.1. The lowest BCUT2D eigenvalue weighted by atomic mass is 10.0. The van der Waals surface area contributed by atoms with Gasteiger partial charge in [-0.1, -0.05) is 30.3 Å². The smallest absolute Gasteiger partial charge is 0.248 e. The Morgan fingerprint density at radius 2 is 1.87 bits per heavy atom. The quantitative estimate of drug-likeness (QED) is 0.755. The molecule has 2 atom stereocenters. The predicted molar refractivity (Wildman–Crippen MR) is 91.4 cm³/mol. The highest BCUT2D eigenvalue weighted by molar-refractivity contribution is 5.78. The van der Waals surface area contributed by atoms with Crippen LogP contribution in [0.2, 0.25) is 0 Å². The summed E-state index contributed by atoms with van der Waals surface area (Å²) in [6, 6.07) is 11.2. The Balaban J connectivity index is 1.44. The standard InChI is InChI=1S/C19H28N2O2/c1-20-12-5-9-17(20)18-10-6-13-21(18)19(22)15-23-14-11-16-7-3-2-4-8-16/h2-4,7-8,17-18H,5-6,9-15H2,1H3/t17-,18+/m0/s1. The van der Waals surface area contributed by atoms with Crippen LogP contribution in [-0.2, 0) is 16.0 Å². The van der Waals surface area contributed by atoms with E-state index in [1.54, 1.807) is 0 Å². The highest BCUT2D eigenvalue weighted by Gasteiger charge is 2.38. The van der Waals surface area contributed by atoms with Crippen molar-refractivity contribution in [2.75, 3.05) is 33.4 Å². The number of hydrogen-bond acceptors (Lipinski definition) is 3. The SMILES string of the molecule is CN1CCC[C@H]1[C@H]1CCCN1C(=O)COCCc1ccccc1. The molecule has 0 saturated carbocycles. The van der Waals surface area contributed by atoms with Gasteiger partial charge in [0, 0.05) is 18.6 Å². The van der Waals surface area contributed by atoms with Gasteiger partial charge < -0.3 is 14.5 Å². The van der Waals surface area contributed by atoms with Gasteiger partial charge in [0.25, 0.3) is 0 Å². The van der Waals surface area contributed by atoms with Crippen LogP contribution in [0.1, 0.15) is 31.2 Å². The molecule has 0 unspecified atom stereocenters. The first-order valence-electron chi connectivity index (χ1n) is 8.87. The highest BCUT2D eigenvalue weighted by atomic mass is 16.5. The van der Waals surface area contributed by atoms with Crippen LogP contribution < -0.4 is 0 Å². The van der Waals surface area contributed by atoms with E-state index in [-0.39, 0.29) is 12.5 Å². The number of ether oxygens (including phenoxy) is 1. The Bertz CT molecular complexity index is 505. The number of likely N-dealkylation sites (tertiary alicyclic amines) is 2. The molecule has 1 aromatic carbocycles. The summed E-state index contributed by atoms with van der Waals surface area (Å²) in [5, 5.41) is 0. The molecule has 4 heteroatoms. The van der Waals surface area contributed by atoms with E-state index in [0.717, 1.165) is 32.4 Å². The Morgan fingerprint density at radius 1 is 1.13 bits per heavy atom. The number of likely N-dealkylation sites (N-methyl/N-ethyl adjacent to an activating group) is 1. The fourth-order valence-corrected chi connectivity index (χ4v) is 4.00. The minimum absolute atomic E-state index is 0.167. The number of amides is 1. The molecular formula is C19H28N2O2. The summed E-state index contributed by atoms with van der Waals surface area (Å²) >= 11 is 0. The van der Waals surface area contributed by atoms with E-state index in [2.05, 4.69) is 29.0 Å². The lowest BCUT2D eigenvalue weighted by Gasteiger charge is -2.33. The van der Waals surface area contributed by atoms with Crippen molar-refractivity contribution >= 4 is 5.91 Å². The second-order valence-corrected chi connectivity index (χ2v) is 6.78. The molecule has 2 aliphatic heterocycles. The fourth-order valence-electron chi connectivity index (χ4n) is 4.00. The molecule has 23 heavy (non-hydrogen) atoms. The summed E-state index contributed by atoms with van der Waals surface area (Å²) in [6.07, 6.45) is 5.62. The zero-order valence-electron chi connectivity index (χ0n) is 14.1. The van der Waals surface area contributed by atoms with Crippen molar-refractivity contribution in [1.82, 2.24) is 9.80 Å². The normalized spacial score (nSPS) is 25.2. The first-order chi connectivity index (χ1) is 11.3. The Labute approximate surface area is 139 Å². The van der Waals surface area contributed by atoms with Gasteiger partial charge in [-0.15, -0.1) is 0 Å². The van der Waals surface area contributed by atoms with E-state index in [1.807, 2.05) is 18.2 Å². The van der Waals surface area contributed by atoms with Crippen molar-refractivity contribution in [3.05, 3.63) is 35.9 Å². The van der Waals surface area contributed by atoms with E-state index in [4.69, 9.17) is 4.74 Å². The molecule has 3 rings (SSSR count). The Morgan fingerprint density at radius 3 is 2.61 bits per heavy atom. The van der Waals surface area contributed by atoms with Gasteiger partial charge >= 0.3 is 0 Å². The third-order valence-corrected chi connectivity index (χ3v) is 5.24. The molecule has 0 spiro atoms. The molecule has 2 fully saturated rings. The molecule has 2 aliphatic rings. The van der Waals surface area contributed by atoms with Crippen LogP contribution in [-0.4, -0.2) is 61.1 Å². The van der Waals surface area contributed by atoms with Crippen LogP contribution in [0, 0.1) is 0 Å². The van der Waals surface area contributed by atoms with E-state index >= 15 is 0 Å². The van der Waals surface area contributed by atoms with Gasteiger partial charge in [0.2, 0.25) is 5.91 Å². The molecule has 0 aliphatic carbocycles. The van der Waals surface area contributed by atoms with Gasteiger partial charge in [-0.3, -0.25) is 4.79 Å². The summed E-state index contributed by atoms with van der Waals surface area (Å²) in [5.41, 5.74) is 1.26. The monoisotopic (exact) mass is 316 g/mol. The molecule has 126 valence electrons. The van der Waals surface area contributed by atoms with Crippen LogP contribution >= 0.6 is 0 Å². The fraction of sp³-hybridized carbons (Fsp3) is 0.632. The lowest BCUT2D eigenvalue weighted by molar-refractivity contribution is -0.137. The second kappa shape index (κ2) is 7.93. The lowest BCUT2D eigenvalue weighted by Crippen LogP contribution is -2.48. The van der Waals surface area contributed by atoms with Crippen LogP contribution in [0.5, 0.6) is 0 Å². The van der Waals surface area contributed by atoms with Crippen molar-refractivity contribution in [2.45, 2.75) is 44.2 Å². The summed E-state index contributed by atoms with van der Waals surface area (Å²) in [7, 11) is 2.19. The van der Waals surface area contributed by atoms with Crippen LogP contribution in [0.15, 0.2) is 30.3 Å². The molecule has 0 radical (unpaired) electrons. The second-order valence-electron chi connectivity index (χ2n) is 6.78. The van der Waals surface area contributed by atoms with Crippen molar-refractivity contribution in [1.29, 1.82) is 0 Å². The minimum Gasteiger partial charge on any atom is -0.371 e. The summed E-state index contributed by atoms with van der Waals surface area (Å²) < 4.78 is 5.64. The molecule has 0 aromatic heterocycles. The maximum absolute atomic E-state index is 12.5. The maximum atomic E-state index is 12.5. The average Bonchev–Trinajstić information content (AvgIpc) is 3.20. The van der Waals surface area contributed by atoms with Crippen molar-refractivity contribution < 1.29 is 9.53 Å². The van der Waals surface area contributed by atoms with E-state index in [9.17, 15) is 4.79 Å². The third kappa shape index (κ3) is 4.12. The molecule has 1 aromatic rings. The van der Waals surface area contributed by atoms with Gasteiger partial charge in [-0.2, -0.15) is 0 Å². The Hall–Kier alpha value is -1.39. The largest absolute Gasteiger partial charge is 0.371 e. The number of nitrogens with zero attached hydrogens (tertiary/aromatic N) is 2. The molecule has 4 nitrogen and oxygen atoms in total. The Kier molecular flexibility index (Phi) is 5.68. The number of carbonyl (C=O) groups excluding carboxylic acids is 1. The molecule has 1 amide bonds. The molecule has 2 heterocycles. The van der Waals surface area contributed by atoms with E-state index in [0.29, 0.717) is 18.7 Å². The molecule has 2 saturated heterocycles. The number of hydrogen-bond donors (Lipinski definition) is 0. The topological polar surface area (TPSA) is 32.8 Å². The van der Waals surface area contributed by atoms with Gasteiger partial charge in [-0.05, 0) is 51.3 Å².